The van der Waals surface area contributed by atoms with Crippen LogP contribution >= 0.6 is 0 Å². The van der Waals surface area contributed by atoms with Crippen LogP contribution in [-0.2, 0) is 20.1 Å². The van der Waals surface area contributed by atoms with Crippen LogP contribution in [0.15, 0.2) is 43.0 Å². The Labute approximate surface area is 148 Å². The lowest BCUT2D eigenvalue weighted by Crippen LogP contribution is -2.17. The average Bonchev–Trinajstić information content (AvgIpc) is 3.00. The SMILES string of the molecule is COc1ccc(CN(C)Cc2cnn(C)c2)cc1-c1nccnc1C. The molecule has 0 saturated heterocycles. The molecule has 0 amide bonds. The van der Waals surface area contributed by atoms with Gasteiger partial charge >= 0.3 is 0 Å². The Bertz CT molecular complexity index is 859. The molecule has 0 bridgehead atoms. The van der Waals surface area contributed by atoms with E-state index < -0.39 is 0 Å². The lowest BCUT2D eigenvalue weighted by atomic mass is 10.0. The van der Waals surface area contributed by atoms with Gasteiger partial charge in [0.05, 0.1) is 24.7 Å². The van der Waals surface area contributed by atoms with Crippen molar-refractivity contribution in [3.8, 4) is 17.0 Å². The summed E-state index contributed by atoms with van der Waals surface area (Å²) in [5.41, 5.74) is 5.12. The molecule has 130 valence electrons. The third kappa shape index (κ3) is 4.03. The molecule has 3 aromatic rings. The topological polar surface area (TPSA) is 56.1 Å². The molecule has 2 aromatic heterocycles. The van der Waals surface area contributed by atoms with E-state index in [0.29, 0.717) is 0 Å². The van der Waals surface area contributed by atoms with Gasteiger partial charge in [-0.3, -0.25) is 19.5 Å². The molecule has 2 heterocycles. The number of rotatable bonds is 6. The van der Waals surface area contributed by atoms with E-state index in [1.54, 1.807) is 19.5 Å². The molecular weight excluding hydrogens is 314 g/mol. The fourth-order valence-corrected chi connectivity index (χ4v) is 2.94. The molecule has 0 saturated carbocycles. The summed E-state index contributed by atoms with van der Waals surface area (Å²) in [7, 11) is 5.71. The van der Waals surface area contributed by atoms with Crippen molar-refractivity contribution in [3.63, 3.8) is 0 Å². The third-order valence-electron chi connectivity index (χ3n) is 4.06. The Morgan fingerprint density at radius 1 is 1.12 bits per heavy atom. The summed E-state index contributed by atoms with van der Waals surface area (Å²) in [6.45, 7) is 3.63. The second-order valence-electron chi connectivity index (χ2n) is 6.22. The monoisotopic (exact) mass is 337 g/mol. The first-order chi connectivity index (χ1) is 12.1. The number of methoxy groups -OCH3 is 1. The Balaban J connectivity index is 1.83. The second-order valence-corrected chi connectivity index (χ2v) is 6.22. The zero-order valence-corrected chi connectivity index (χ0v) is 15.1. The van der Waals surface area contributed by atoms with E-state index in [-0.39, 0.29) is 0 Å². The Morgan fingerprint density at radius 3 is 2.56 bits per heavy atom. The second kappa shape index (κ2) is 7.44. The maximum absolute atomic E-state index is 5.52. The van der Waals surface area contributed by atoms with Gasteiger partial charge in [-0.2, -0.15) is 5.10 Å². The zero-order chi connectivity index (χ0) is 17.8. The molecular formula is C19H23N5O. The van der Waals surface area contributed by atoms with Gasteiger partial charge in [0.1, 0.15) is 5.75 Å². The first kappa shape index (κ1) is 17.1. The Hall–Kier alpha value is -2.73. The van der Waals surface area contributed by atoms with Crippen molar-refractivity contribution in [1.82, 2.24) is 24.6 Å². The molecule has 1 aromatic carbocycles. The molecule has 0 N–H and O–H groups in total. The lowest BCUT2D eigenvalue weighted by molar-refractivity contribution is 0.319. The predicted octanol–water partition coefficient (Wildman–Crippen LogP) is 2.83. The number of hydrogen-bond donors (Lipinski definition) is 0. The molecule has 25 heavy (non-hydrogen) atoms. The minimum atomic E-state index is 0.808. The molecule has 0 spiro atoms. The highest BCUT2D eigenvalue weighted by molar-refractivity contribution is 5.69. The maximum atomic E-state index is 5.52. The van der Waals surface area contributed by atoms with Crippen LogP contribution in [0.2, 0.25) is 0 Å². The van der Waals surface area contributed by atoms with Gasteiger partial charge in [0.2, 0.25) is 0 Å². The van der Waals surface area contributed by atoms with Crippen molar-refractivity contribution >= 4 is 0 Å². The largest absolute Gasteiger partial charge is 0.496 e. The third-order valence-corrected chi connectivity index (χ3v) is 4.06. The smallest absolute Gasteiger partial charge is 0.128 e. The van der Waals surface area contributed by atoms with E-state index in [9.17, 15) is 0 Å². The minimum Gasteiger partial charge on any atom is -0.496 e. The number of nitrogens with zero attached hydrogens (tertiary/aromatic N) is 5. The summed E-state index contributed by atoms with van der Waals surface area (Å²) >= 11 is 0. The average molecular weight is 337 g/mol. The summed E-state index contributed by atoms with van der Waals surface area (Å²) in [6.07, 6.45) is 7.36. The van der Waals surface area contributed by atoms with Crippen molar-refractivity contribution < 1.29 is 4.74 Å². The van der Waals surface area contributed by atoms with Gasteiger partial charge in [0.25, 0.3) is 0 Å². The predicted molar refractivity (Wildman–Crippen MR) is 97.1 cm³/mol. The van der Waals surface area contributed by atoms with Crippen LogP contribution in [0.5, 0.6) is 5.75 Å². The molecule has 0 radical (unpaired) electrons. The summed E-state index contributed by atoms with van der Waals surface area (Å²) in [4.78, 5) is 11.1. The first-order valence-electron chi connectivity index (χ1n) is 8.18. The number of aryl methyl sites for hydroxylation is 2. The van der Waals surface area contributed by atoms with Crippen LogP contribution in [0.4, 0.5) is 0 Å². The van der Waals surface area contributed by atoms with Crippen molar-refractivity contribution in [2.75, 3.05) is 14.2 Å². The van der Waals surface area contributed by atoms with Crippen molar-refractivity contribution in [3.05, 3.63) is 59.8 Å². The molecule has 0 aliphatic carbocycles. The van der Waals surface area contributed by atoms with Crippen LogP contribution in [0.1, 0.15) is 16.8 Å². The van der Waals surface area contributed by atoms with Gasteiger partial charge in [-0.25, -0.2) is 0 Å². The highest BCUT2D eigenvalue weighted by Gasteiger charge is 2.12. The first-order valence-corrected chi connectivity index (χ1v) is 8.18. The molecule has 6 heteroatoms. The van der Waals surface area contributed by atoms with Crippen molar-refractivity contribution in [2.24, 2.45) is 7.05 Å². The van der Waals surface area contributed by atoms with Gasteiger partial charge in [0.15, 0.2) is 0 Å². The van der Waals surface area contributed by atoms with Gasteiger partial charge in [-0.1, -0.05) is 6.07 Å². The van der Waals surface area contributed by atoms with Crippen LogP contribution < -0.4 is 4.74 Å². The lowest BCUT2D eigenvalue weighted by Gasteiger charge is -2.17. The molecule has 0 atom stereocenters. The van der Waals surface area contributed by atoms with E-state index >= 15 is 0 Å². The molecule has 0 aliphatic heterocycles. The Morgan fingerprint density at radius 2 is 1.88 bits per heavy atom. The number of aromatic nitrogens is 4. The highest BCUT2D eigenvalue weighted by Crippen LogP contribution is 2.31. The van der Waals surface area contributed by atoms with Crippen LogP contribution in [0, 0.1) is 6.92 Å². The number of hydrogen-bond acceptors (Lipinski definition) is 5. The van der Waals surface area contributed by atoms with Crippen LogP contribution in [0.25, 0.3) is 11.3 Å². The van der Waals surface area contributed by atoms with E-state index in [2.05, 4.69) is 39.1 Å². The van der Waals surface area contributed by atoms with Gasteiger partial charge < -0.3 is 4.74 Å². The van der Waals surface area contributed by atoms with E-state index in [0.717, 1.165) is 35.8 Å². The van der Waals surface area contributed by atoms with Crippen molar-refractivity contribution in [2.45, 2.75) is 20.0 Å². The van der Waals surface area contributed by atoms with Crippen LogP contribution in [-0.4, -0.2) is 38.8 Å². The quantitative estimate of drug-likeness (QED) is 0.692. The van der Waals surface area contributed by atoms with Crippen molar-refractivity contribution in [1.29, 1.82) is 0 Å². The number of ether oxygens (including phenoxy) is 1. The van der Waals surface area contributed by atoms with Gasteiger partial charge in [-0.15, -0.1) is 0 Å². The summed E-state index contributed by atoms with van der Waals surface area (Å²) < 4.78 is 7.35. The van der Waals surface area contributed by atoms with Gasteiger partial charge in [-0.05, 0) is 31.7 Å². The fourth-order valence-electron chi connectivity index (χ4n) is 2.94. The normalized spacial score (nSPS) is 11.1. The Kier molecular flexibility index (Phi) is 5.09. The molecule has 0 fully saturated rings. The highest BCUT2D eigenvalue weighted by atomic mass is 16.5. The standard InChI is InChI=1S/C19H23N5O/c1-14-19(21-8-7-20-14)17-9-15(5-6-18(17)25-4)11-23(2)12-16-10-22-24(3)13-16/h5-10,13H,11-12H2,1-4H3. The van der Waals surface area contributed by atoms with Gasteiger partial charge in [0, 0.05) is 49.9 Å². The van der Waals surface area contributed by atoms with E-state index in [1.807, 2.05) is 37.1 Å². The van der Waals surface area contributed by atoms with E-state index in [4.69, 9.17) is 4.74 Å². The maximum Gasteiger partial charge on any atom is 0.128 e. The summed E-state index contributed by atoms with van der Waals surface area (Å²) in [5, 5.41) is 4.22. The number of benzene rings is 1. The molecule has 0 unspecified atom stereocenters. The summed E-state index contributed by atoms with van der Waals surface area (Å²) in [5.74, 6) is 0.808. The minimum absolute atomic E-state index is 0.808. The molecule has 0 aliphatic rings. The van der Waals surface area contributed by atoms with E-state index in [1.165, 1.54) is 11.1 Å². The summed E-state index contributed by atoms with van der Waals surface area (Å²) in [6, 6.07) is 6.22. The fraction of sp³-hybridized carbons (Fsp3) is 0.316. The zero-order valence-electron chi connectivity index (χ0n) is 15.1. The molecule has 6 nitrogen and oxygen atoms in total. The van der Waals surface area contributed by atoms with Crippen LogP contribution in [0.3, 0.4) is 0 Å². The molecule has 3 rings (SSSR count).